The minimum atomic E-state index is -0.561. The molecule has 0 radical (unpaired) electrons. The van der Waals surface area contributed by atoms with Crippen molar-refractivity contribution in [3.8, 4) is 5.75 Å². The molecule has 0 aromatic heterocycles. The summed E-state index contributed by atoms with van der Waals surface area (Å²) < 4.78 is 17.9. The van der Waals surface area contributed by atoms with Crippen LogP contribution in [0.3, 0.4) is 0 Å². The van der Waals surface area contributed by atoms with Crippen LogP contribution in [0.4, 0.5) is 0 Å². The number of benzene rings is 1. The van der Waals surface area contributed by atoms with E-state index in [0.29, 0.717) is 12.5 Å². The molecule has 32 heavy (non-hydrogen) atoms. The molecule has 3 aliphatic heterocycles. The minimum Gasteiger partial charge on any atom is -0.490 e. The van der Waals surface area contributed by atoms with Crippen molar-refractivity contribution < 1.29 is 19.0 Å². The molecular weight excluding hydrogens is 406 g/mol. The van der Waals surface area contributed by atoms with Crippen LogP contribution in [0.25, 0.3) is 0 Å². The van der Waals surface area contributed by atoms with Crippen molar-refractivity contribution in [2.24, 2.45) is 22.1 Å². The lowest BCUT2D eigenvalue weighted by Gasteiger charge is -2.48. The molecule has 3 heterocycles. The molecule has 0 bridgehead atoms. The Morgan fingerprint density at radius 1 is 1.19 bits per heavy atom. The maximum atomic E-state index is 12.7. The number of rotatable bonds is 2. The Labute approximate surface area is 190 Å². The van der Waals surface area contributed by atoms with Gasteiger partial charge >= 0.3 is 0 Å². The molecule has 1 saturated heterocycles. The summed E-state index contributed by atoms with van der Waals surface area (Å²) in [5.74, 6) is 1.55. The molecule has 1 aromatic rings. The fourth-order valence-corrected chi connectivity index (χ4v) is 5.73. The average Bonchev–Trinajstić information content (AvgIpc) is 3.16. The van der Waals surface area contributed by atoms with Crippen molar-refractivity contribution in [3.63, 3.8) is 0 Å². The number of aliphatic imine (C=N–C) groups is 1. The molecule has 3 N–H and O–H groups in total. The summed E-state index contributed by atoms with van der Waals surface area (Å²) in [6, 6.07) is 6.91. The van der Waals surface area contributed by atoms with Crippen molar-refractivity contribution in [3.05, 3.63) is 29.3 Å². The van der Waals surface area contributed by atoms with Crippen molar-refractivity contribution in [2.45, 2.75) is 76.5 Å². The van der Waals surface area contributed by atoms with Gasteiger partial charge < -0.3 is 25.3 Å². The van der Waals surface area contributed by atoms with E-state index in [1.807, 2.05) is 20.8 Å². The van der Waals surface area contributed by atoms with Crippen LogP contribution in [0.2, 0.25) is 0 Å². The second kappa shape index (κ2) is 7.94. The molecule has 1 spiro atoms. The summed E-state index contributed by atoms with van der Waals surface area (Å²) in [7, 11) is 0. The van der Waals surface area contributed by atoms with Crippen molar-refractivity contribution in [2.75, 3.05) is 19.8 Å². The molecule has 4 unspecified atom stereocenters. The number of hydrogen-bond acceptors (Lipinski definition) is 6. The van der Waals surface area contributed by atoms with E-state index in [-0.39, 0.29) is 30.0 Å². The largest absolute Gasteiger partial charge is 0.490 e. The maximum absolute atomic E-state index is 12.7. The zero-order valence-electron chi connectivity index (χ0n) is 19.4. The molecule has 7 heteroatoms. The van der Waals surface area contributed by atoms with Gasteiger partial charge in [-0.25, -0.2) is 4.99 Å². The first-order chi connectivity index (χ1) is 15.3. The first kappa shape index (κ1) is 21.6. The van der Waals surface area contributed by atoms with E-state index in [2.05, 4.69) is 23.5 Å². The predicted molar refractivity (Wildman–Crippen MR) is 122 cm³/mol. The number of fused-ring (bicyclic) bond motifs is 4. The van der Waals surface area contributed by atoms with Crippen LogP contribution in [-0.4, -0.2) is 43.9 Å². The number of amidine groups is 1. The Kier molecular flexibility index (Phi) is 5.35. The lowest BCUT2D eigenvalue weighted by molar-refractivity contribution is -0.130. The molecule has 4 atom stereocenters. The number of amides is 1. The molecular formula is C25H35N3O4. The number of hydrogen-bond donors (Lipinski definition) is 2. The van der Waals surface area contributed by atoms with Crippen LogP contribution in [0.5, 0.6) is 5.75 Å². The van der Waals surface area contributed by atoms with Gasteiger partial charge in [0, 0.05) is 36.2 Å². The van der Waals surface area contributed by atoms with Gasteiger partial charge in [-0.05, 0) is 55.7 Å². The molecule has 1 aromatic carbocycles. The highest BCUT2D eigenvalue weighted by Gasteiger charge is 2.55. The van der Waals surface area contributed by atoms with Crippen molar-refractivity contribution >= 4 is 11.9 Å². The SMILES string of the molecule is CC(C)(C)C(=O)NC1CCC2Oc3ccc(C4CCOCC4)cc3C3(COC(N)=N3)C2C1. The quantitative estimate of drug-likeness (QED) is 0.735. The molecule has 1 amide bonds. The number of carbonyl (C=O) groups is 1. The summed E-state index contributed by atoms with van der Waals surface area (Å²) in [4.78, 5) is 17.6. The van der Waals surface area contributed by atoms with Gasteiger partial charge in [0.25, 0.3) is 6.02 Å². The van der Waals surface area contributed by atoms with Crippen LogP contribution in [-0.2, 0) is 19.8 Å². The Bertz CT molecular complexity index is 918. The van der Waals surface area contributed by atoms with Gasteiger partial charge in [0.15, 0.2) is 0 Å². The Morgan fingerprint density at radius 2 is 1.97 bits per heavy atom. The van der Waals surface area contributed by atoms with Gasteiger partial charge in [-0.3, -0.25) is 4.79 Å². The van der Waals surface area contributed by atoms with Gasteiger partial charge in [0.05, 0.1) is 0 Å². The van der Waals surface area contributed by atoms with Crippen LogP contribution >= 0.6 is 0 Å². The predicted octanol–water partition coefficient (Wildman–Crippen LogP) is 3.21. The van der Waals surface area contributed by atoms with E-state index in [1.165, 1.54) is 5.56 Å². The lowest BCUT2D eigenvalue weighted by Crippen LogP contribution is -2.55. The summed E-state index contributed by atoms with van der Waals surface area (Å²) >= 11 is 0. The summed E-state index contributed by atoms with van der Waals surface area (Å²) in [6.45, 7) is 7.87. The first-order valence-electron chi connectivity index (χ1n) is 11.9. The highest BCUT2D eigenvalue weighted by Crippen LogP contribution is 2.53. The van der Waals surface area contributed by atoms with E-state index in [0.717, 1.165) is 56.6 Å². The number of nitrogens with two attached hydrogens (primary N) is 1. The van der Waals surface area contributed by atoms with E-state index in [4.69, 9.17) is 24.9 Å². The monoisotopic (exact) mass is 441 g/mol. The minimum absolute atomic E-state index is 0.0393. The van der Waals surface area contributed by atoms with Gasteiger partial charge in [-0.1, -0.05) is 26.8 Å². The molecule has 1 aliphatic carbocycles. The smallest absolute Gasteiger partial charge is 0.283 e. The third-order valence-corrected chi connectivity index (χ3v) is 7.61. The van der Waals surface area contributed by atoms with Crippen LogP contribution in [0, 0.1) is 11.3 Å². The molecule has 2 fully saturated rings. The second-order valence-corrected chi connectivity index (χ2v) is 10.8. The first-order valence-corrected chi connectivity index (χ1v) is 11.9. The standard InChI is InChI=1S/C25H35N3O4/c1-24(2,3)22(29)27-17-5-7-21-19(13-17)25(14-31-23(26)28-25)18-12-16(4-6-20(18)32-21)15-8-10-30-11-9-15/h4,6,12,15,17,19,21H,5,7-11,13-14H2,1-3H3,(H2,26,28)(H,27,29). The Morgan fingerprint density at radius 3 is 2.66 bits per heavy atom. The lowest BCUT2D eigenvalue weighted by atomic mass is 9.66. The van der Waals surface area contributed by atoms with E-state index in [1.54, 1.807) is 0 Å². The second-order valence-electron chi connectivity index (χ2n) is 10.8. The highest BCUT2D eigenvalue weighted by molar-refractivity contribution is 5.81. The Hall–Kier alpha value is -2.28. The van der Waals surface area contributed by atoms with Crippen molar-refractivity contribution in [1.82, 2.24) is 5.32 Å². The van der Waals surface area contributed by atoms with Gasteiger partial charge in [0.2, 0.25) is 5.91 Å². The van der Waals surface area contributed by atoms with Crippen LogP contribution < -0.4 is 15.8 Å². The van der Waals surface area contributed by atoms with E-state index < -0.39 is 11.0 Å². The molecule has 7 nitrogen and oxygen atoms in total. The molecule has 5 rings (SSSR count). The van der Waals surface area contributed by atoms with Gasteiger partial charge in [0.1, 0.15) is 24.0 Å². The number of nitrogens with one attached hydrogen (secondary N) is 1. The number of nitrogens with zero attached hydrogens (tertiary/aromatic N) is 1. The zero-order chi connectivity index (χ0) is 22.5. The maximum Gasteiger partial charge on any atom is 0.283 e. The van der Waals surface area contributed by atoms with Crippen LogP contribution in [0.15, 0.2) is 23.2 Å². The molecule has 174 valence electrons. The topological polar surface area (TPSA) is 95.2 Å². The third kappa shape index (κ3) is 3.74. The van der Waals surface area contributed by atoms with E-state index >= 15 is 0 Å². The number of carbonyl (C=O) groups excluding carboxylic acids is 1. The summed E-state index contributed by atoms with van der Waals surface area (Å²) in [5.41, 5.74) is 7.48. The highest BCUT2D eigenvalue weighted by atomic mass is 16.5. The Balaban J connectivity index is 1.48. The van der Waals surface area contributed by atoms with E-state index in [9.17, 15) is 4.79 Å². The zero-order valence-corrected chi connectivity index (χ0v) is 19.4. The fourth-order valence-electron chi connectivity index (χ4n) is 5.73. The fraction of sp³-hybridized carbons (Fsp3) is 0.680. The van der Waals surface area contributed by atoms with Crippen LogP contribution in [0.1, 0.15) is 69.9 Å². The summed E-state index contributed by atoms with van der Waals surface area (Å²) in [6.07, 6.45) is 4.67. The molecule has 1 saturated carbocycles. The third-order valence-electron chi connectivity index (χ3n) is 7.61. The van der Waals surface area contributed by atoms with Gasteiger partial charge in [-0.2, -0.15) is 0 Å². The van der Waals surface area contributed by atoms with Crippen molar-refractivity contribution in [1.29, 1.82) is 0 Å². The average molecular weight is 442 g/mol. The normalized spacial score (nSPS) is 32.3. The molecule has 4 aliphatic rings. The summed E-state index contributed by atoms with van der Waals surface area (Å²) in [5, 5.41) is 3.27. The number of ether oxygens (including phenoxy) is 3. The van der Waals surface area contributed by atoms with Gasteiger partial charge in [-0.15, -0.1) is 0 Å².